The van der Waals surface area contributed by atoms with E-state index in [2.05, 4.69) is 46.1 Å². The Morgan fingerprint density at radius 3 is 2.48 bits per heavy atom. The Kier molecular flexibility index (Phi) is 7.14. The van der Waals surface area contributed by atoms with Gasteiger partial charge in [0.15, 0.2) is 5.96 Å². The highest BCUT2D eigenvalue weighted by molar-refractivity contribution is 14.0. The molecule has 0 unspecified atom stereocenters. The molecule has 1 aliphatic carbocycles. The summed E-state index contributed by atoms with van der Waals surface area (Å²) < 4.78 is 0. The second-order valence-corrected chi connectivity index (χ2v) is 6.62. The van der Waals surface area contributed by atoms with Gasteiger partial charge in [-0.3, -0.25) is 4.90 Å². The van der Waals surface area contributed by atoms with Crippen LogP contribution in [0.5, 0.6) is 0 Å². The average Bonchev–Trinajstić information content (AvgIpc) is 3.39. The summed E-state index contributed by atoms with van der Waals surface area (Å²) in [6.07, 6.45) is 6.54. The van der Waals surface area contributed by atoms with E-state index in [1.165, 1.54) is 56.3 Å². The molecule has 2 N–H and O–H groups in total. The van der Waals surface area contributed by atoms with Crippen LogP contribution in [-0.4, -0.2) is 41.9 Å². The molecule has 1 aliphatic heterocycles. The van der Waals surface area contributed by atoms with E-state index >= 15 is 0 Å². The Morgan fingerprint density at radius 1 is 1.17 bits per heavy atom. The zero-order valence-corrected chi connectivity index (χ0v) is 16.4. The minimum atomic E-state index is 0. The van der Waals surface area contributed by atoms with Gasteiger partial charge in [0.1, 0.15) is 0 Å². The molecule has 0 amide bonds. The van der Waals surface area contributed by atoms with Gasteiger partial charge in [-0.15, -0.1) is 24.0 Å². The van der Waals surface area contributed by atoms with Crippen LogP contribution in [0.2, 0.25) is 0 Å². The topological polar surface area (TPSA) is 44.9 Å². The maximum Gasteiger partial charge on any atom is 0.191 e. The van der Waals surface area contributed by atoms with Crippen LogP contribution in [0.4, 0.5) is 0 Å². The van der Waals surface area contributed by atoms with Gasteiger partial charge in [0, 0.05) is 19.6 Å². The monoisotopic (exact) mass is 428 g/mol. The minimum Gasteiger partial charge on any atom is -0.370 e. The van der Waals surface area contributed by atoms with E-state index < -0.39 is 0 Å². The van der Waals surface area contributed by atoms with Gasteiger partial charge in [-0.1, -0.05) is 30.7 Å². The van der Waals surface area contributed by atoms with Crippen molar-refractivity contribution in [3.05, 3.63) is 35.4 Å². The van der Waals surface area contributed by atoms with Crippen molar-refractivity contribution in [1.82, 2.24) is 9.80 Å². The SMILES string of the molecule is CN(C(N)=NCc1ccccc1CN1CCCCC1)C1CC1.I. The van der Waals surface area contributed by atoms with Gasteiger partial charge in [0.05, 0.1) is 6.54 Å². The largest absolute Gasteiger partial charge is 0.370 e. The lowest BCUT2D eigenvalue weighted by Gasteiger charge is -2.27. The number of halogens is 1. The third-order valence-corrected chi connectivity index (χ3v) is 4.83. The molecular formula is C18H29IN4. The highest BCUT2D eigenvalue weighted by Crippen LogP contribution is 2.25. The number of rotatable bonds is 5. The molecule has 5 heteroatoms. The smallest absolute Gasteiger partial charge is 0.191 e. The molecule has 0 radical (unpaired) electrons. The second kappa shape index (κ2) is 8.87. The Balaban J connectivity index is 0.00000192. The summed E-state index contributed by atoms with van der Waals surface area (Å²) in [6, 6.07) is 9.28. The third kappa shape index (κ3) is 5.35. The maximum absolute atomic E-state index is 6.11. The fourth-order valence-corrected chi connectivity index (χ4v) is 3.15. The van der Waals surface area contributed by atoms with E-state index in [1.807, 2.05) is 0 Å². The molecule has 0 bridgehead atoms. The van der Waals surface area contributed by atoms with Crippen LogP contribution >= 0.6 is 24.0 Å². The quantitative estimate of drug-likeness (QED) is 0.445. The van der Waals surface area contributed by atoms with Gasteiger partial charge < -0.3 is 10.6 Å². The Bertz CT molecular complexity index is 522. The number of benzene rings is 1. The van der Waals surface area contributed by atoms with Gasteiger partial charge in [-0.2, -0.15) is 0 Å². The standard InChI is InChI=1S/C18H28N4.HI/c1-21(17-9-10-17)18(19)20-13-15-7-3-4-8-16(15)14-22-11-5-2-6-12-22;/h3-4,7-8,17H,2,5-6,9-14H2,1H3,(H2,19,20);1H. The Labute approximate surface area is 157 Å². The fraction of sp³-hybridized carbons (Fsp3) is 0.611. The molecule has 1 aromatic rings. The van der Waals surface area contributed by atoms with Gasteiger partial charge in [-0.05, 0) is 49.9 Å². The number of piperidine rings is 1. The summed E-state index contributed by atoms with van der Waals surface area (Å²) in [4.78, 5) is 9.29. The Morgan fingerprint density at radius 2 is 1.83 bits per heavy atom. The van der Waals surface area contributed by atoms with Crippen molar-refractivity contribution in [3.63, 3.8) is 0 Å². The molecule has 2 aliphatic rings. The molecule has 0 spiro atoms. The van der Waals surface area contributed by atoms with Gasteiger partial charge >= 0.3 is 0 Å². The van der Waals surface area contributed by atoms with Crippen molar-refractivity contribution in [1.29, 1.82) is 0 Å². The molecule has 1 heterocycles. The number of nitrogens with zero attached hydrogens (tertiary/aromatic N) is 3. The number of hydrogen-bond acceptors (Lipinski definition) is 2. The van der Waals surface area contributed by atoms with E-state index in [9.17, 15) is 0 Å². The summed E-state index contributed by atoms with van der Waals surface area (Å²) in [5.74, 6) is 0.676. The predicted octanol–water partition coefficient (Wildman–Crippen LogP) is 3.20. The van der Waals surface area contributed by atoms with Crippen LogP contribution in [0, 0.1) is 0 Å². The normalized spacial score (nSPS) is 19.3. The van der Waals surface area contributed by atoms with Crippen molar-refractivity contribution >= 4 is 29.9 Å². The average molecular weight is 428 g/mol. The van der Waals surface area contributed by atoms with Gasteiger partial charge in [-0.25, -0.2) is 4.99 Å². The molecule has 3 rings (SSSR count). The first-order chi connectivity index (χ1) is 10.7. The first-order valence-corrected chi connectivity index (χ1v) is 8.56. The predicted molar refractivity (Wildman–Crippen MR) is 107 cm³/mol. The summed E-state index contributed by atoms with van der Waals surface area (Å²) in [5.41, 5.74) is 8.81. The zero-order valence-electron chi connectivity index (χ0n) is 14.1. The van der Waals surface area contributed by atoms with E-state index in [4.69, 9.17) is 5.73 Å². The number of hydrogen-bond donors (Lipinski definition) is 1. The summed E-state index contributed by atoms with van der Waals surface area (Å²) >= 11 is 0. The summed E-state index contributed by atoms with van der Waals surface area (Å²) in [5, 5.41) is 0. The number of nitrogens with two attached hydrogens (primary N) is 1. The third-order valence-electron chi connectivity index (χ3n) is 4.83. The minimum absolute atomic E-state index is 0. The van der Waals surface area contributed by atoms with Crippen LogP contribution < -0.4 is 5.73 Å². The molecular weight excluding hydrogens is 399 g/mol. The summed E-state index contributed by atoms with van der Waals surface area (Å²) in [6.45, 7) is 4.19. The number of aliphatic imine (C=N–C) groups is 1. The van der Waals surface area contributed by atoms with Crippen molar-refractivity contribution in [2.75, 3.05) is 20.1 Å². The zero-order chi connectivity index (χ0) is 15.4. The molecule has 23 heavy (non-hydrogen) atoms. The van der Waals surface area contributed by atoms with Crippen molar-refractivity contribution < 1.29 is 0 Å². The molecule has 4 nitrogen and oxygen atoms in total. The lowest BCUT2D eigenvalue weighted by molar-refractivity contribution is 0.220. The van der Waals surface area contributed by atoms with Crippen molar-refractivity contribution in [3.8, 4) is 0 Å². The van der Waals surface area contributed by atoms with Gasteiger partial charge in [0.25, 0.3) is 0 Å². The fourth-order valence-electron chi connectivity index (χ4n) is 3.15. The van der Waals surface area contributed by atoms with Crippen molar-refractivity contribution in [2.24, 2.45) is 10.7 Å². The molecule has 0 aromatic heterocycles. The summed E-state index contributed by atoms with van der Waals surface area (Å²) in [7, 11) is 2.05. The van der Waals surface area contributed by atoms with Gasteiger partial charge in [0.2, 0.25) is 0 Å². The lowest BCUT2D eigenvalue weighted by atomic mass is 10.1. The molecule has 1 saturated heterocycles. The first-order valence-electron chi connectivity index (χ1n) is 8.56. The highest BCUT2D eigenvalue weighted by atomic mass is 127. The molecule has 1 aromatic carbocycles. The molecule has 2 fully saturated rings. The van der Waals surface area contributed by atoms with Crippen molar-refractivity contribution in [2.45, 2.75) is 51.2 Å². The molecule has 1 saturated carbocycles. The number of likely N-dealkylation sites (tertiary alicyclic amines) is 1. The molecule has 128 valence electrons. The Hall–Kier alpha value is -0.820. The van der Waals surface area contributed by atoms with Crippen LogP contribution in [0.1, 0.15) is 43.2 Å². The van der Waals surface area contributed by atoms with Crippen LogP contribution in [0.25, 0.3) is 0 Å². The molecule has 0 atom stereocenters. The van der Waals surface area contributed by atoms with Crippen LogP contribution in [-0.2, 0) is 13.1 Å². The van der Waals surface area contributed by atoms with E-state index in [1.54, 1.807) is 0 Å². The second-order valence-electron chi connectivity index (χ2n) is 6.62. The maximum atomic E-state index is 6.11. The van der Waals surface area contributed by atoms with Crippen LogP contribution in [0.3, 0.4) is 0 Å². The van der Waals surface area contributed by atoms with E-state index in [-0.39, 0.29) is 24.0 Å². The van der Waals surface area contributed by atoms with E-state index in [0.717, 1.165) is 6.54 Å². The lowest BCUT2D eigenvalue weighted by Crippen LogP contribution is -2.35. The number of guanidine groups is 1. The first kappa shape index (κ1) is 18.5. The van der Waals surface area contributed by atoms with Crippen LogP contribution in [0.15, 0.2) is 29.3 Å². The highest BCUT2D eigenvalue weighted by Gasteiger charge is 2.27. The van der Waals surface area contributed by atoms with E-state index in [0.29, 0.717) is 18.5 Å².